The van der Waals surface area contributed by atoms with E-state index in [1.165, 1.54) is 16.4 Å². The van der Waals surface area contributed by atoms with E-state index in [1.807, 2.05) is 24.3 Å². The normalized spacial score (nSPS) is 19.2. The Labute approximate surface area is 221 Å². The van der Waals surface area contributed by atoms with Crippen molar-refractivity contribution in [1.82, 2.24) is 19.3 Å². The lowest BCUT2D eigenvalue weighted by atomic mass is 9.97. The van der Waals surface area contributed by atoms with E-state index in [-0.39, 0.29) is 16.7 Å². The number of carbonyl (C=O) groups is 1. The van der Waals surface area contributed by atoms with Gasteiger partial charge in [-0.3, -0.25) is 9.69 Å². The van der Waals surface area contributed by atoms with Gasteiger partial charge in [-0.05, 0) is 67.9 Å². The van der Waals surface area contributed by atoms with Crippen LogP contribution in [-0.4, -0.2) is 80.2 Å². The summed E-state index contributed by atoms with van der Waals surface area (Å²) < 4.78 is 42.9. The molecule has 2 saturated heterocycles. The third-order valence-electron chi connectivity index (χ3n) is 6.78. The number of nitrogens with one attached hydrogen (secondary N) is 1. The molecule has 3 heterocycles. The number of aromatic nitrogens is 2. The average Bonchev–Trinajstić information content (AvgIpc) is 3.42. The molecule has 12 heteroatoms. The summed E-state index contributed by atoms with van der Waals surface area (Å²) in [7, 11) is -1.96. The molecule has 0 spiro atoms. The van der Waals surface area contributed by atoms with Gasteiger partial charge in [0, 0.05) is 30.9 Å². The number of amides is 1. The first-order valence-electron chi connectivity index (χ1n) is 12.6. The lowest BCUT2D eigenvalue weighted by Crippen LogP contribution is -2.40. The number of methoxy groups -OCH3 is 1. The van der Waals surface area contributed by atoms with E-state index < -0.39 is 10.0 Å². The van der Waals surface area contributed by atoms with Crippen LogP contribution in [0.25, 0.3) is 11.4 Å². The monoisotopic (exact) mass is 541 g/mol. The zero-order valence-electron chi connectivity index (χ0n) is 21.2. The number of nitrogens with zero attached hydrogens (tertiary/aromatic N) is 4. The summed E-state index contributed by atoms with van der Waals surface area (Å²) in [5.74, 6) is 1.46. The molecule has 5 rings (SSSR count). The summed E-state index contributed by atoms with van der Waals surface area (Å²) in [6.07, 6.45) is 1.64. The van der Waals surface area contributed by atoms with Crippen molar-refractivity contribution in [2.24, 2.45) is 5.92 Å². The maximum atomic E-state index is 13.0. The third kappa shape index (κ3) is 6.04. The van der Waals surface area contributed by atoms with Gasteiger partial charge in [-0.25, -0.2) is 8.42 Å². The molecule has 0 bridgehead atoms. The first kappa shape index (κ1) is 26.3. The molecule has 0 saturated carbocycles. The number of sulfonamides is 1. The van der Waals surface area contributed by atoms with Crippen LogP contribution < -0.4 is 10.1 Å². The van der Waals surface area contributed by atoms with E-state index in [1.54, 1.807) is 19.2 Å². The Morgan fingerprint density at radius 2 is 1.82 bits per heavy atom. The number of piperidine rings is 1. The first-order chi connectivity index (χ1) is 18.4. The maximum absolute atomic E-state index is 13.0. The van der Waals surface area contributed by atoms with E-state index in [0.717, 1.165) is 30.7 Å². The minimum atomic E-state index is -3.58. The van der Waals surface area contributed by atoms with Crippen LogP contribution in [0.3, 0.4) is 0 Å². The topological polar surface area (TPSA) is 127 Å². The second kappa shape index (κ2) is 11.6. The molecule has 2 aliphatic rings. The zero-order valence-corrected chi connectivity index (χ0v) is 22.0. The molecule has 1 atom stereocenters. The largest absolute Gasteiger partial charge is 0.497 e. The van der Waals surface area contributed by atoms with E-state index in [0.29, 0.717) is 56.8 Å². The number of anilines is 1. The van der Waals surface area contributed by atoms with Crippen LogP contribution in [0.15, 0.2) is 57.9 Å². The molecule has 38 heavy (non-hydrogen) atoms. The summed E-state index contributed by atoms with van der Waals surface area (Å²) in [6.45, 7) is 3.32. The van der Waals surface area contributed by atoms with Gasteiger partial charge in [0.2, 0.25) is 27.6 Å². The van der Waals surface area contributed by atoms with Crippen molar-refractivity contribution < 1.29 is 27.2 Å². The molecule has 3 aromatic rings. The average molecular weight is 542 g/mol. The third-order valence-corrected chi connectivity index (χ3v) is 8.69. The van der Waals surface area contributed by atoms with Crippen molar-refractivity contribution in [2.45, 2.75) is 24.3 Å². The van der Waals surface area contributed by atoms with Crippen molar-refractivity contribution in [1.29, 1.82) is 0 Å². The quantitative estimate of drug-likeness (QED) is 0.458. The SMILES string of the molecule is COc1ccc(-c2noc(CN3CCCC(C(=O)Nc4ccc(S(=O)(=O)N5CCOCC5)cc4)C3)n2)cc1. The van der Waals surface area contributed by atoms with E-state index in [2.05, 4.69) is 20.4 Å². The highest BCUT2D eigenvalue weighted by Gasteiger charge is 2.28. The lowest BCUT2D eigenvalue weighted by Gasteiger charge is -2.30. The van der Waals surface area contributed by atoms with Crippen LogP contribution >= 0.6 is 0 Å². The Bertz CT molecular complexity index is 1340. The first-order valence-corrected chi connectivity index (χ1v) is 14.0. The standard InChI is InChI=1S/C26H31N5O6S/c1-35-22-8-4-19(5-9-22)25-28-24(37-29-25)18-30-12-2-3-20(17-30)26(32)27-21-6-10-23(11-7-21)38(33,34)31-13-15-36-16-14-31/h4-11,20H,2-3,12-18H2,1H3,(H,27,32). The second-order valence-electron chi connectivity index (χ2n) is 9.34. The van der Waals surface area contributed by atoms with Gasteiger partial charge in [0.25, 0.3) is 0 Å². The molecule has 2 aromatic carbocycles. The van der Waals surface area contributed by atoms with Crippen molar-refractivity contribution in [3.05, 3.63) is 54.4 Å². The summed E-state index contributed by atoms with van der Waals surface area (Å²) >= 11 is 0. The number of rotatable bonds is 8. The summed E-state index contributed by atoms with van der Waals surface area (Å²) in [4.78, 5) is 19.8. The van der Waals surface area contributed by atoms with Crippen LogP contribution in [0, 0.1) is 5.92 Å². The van der Waals surface area contributed by atoms with E-state index in [9.17, 15) is 13.2 Å². The fourth-order valence-electron chi connectivity index (χ4n) is 4.67. The molecule has 1 N–H and O–H groups in total. The Balaban J connectivity index is 1.16. The molecule has 11 nitrogen and oxygen atoms in total. The molecule has 2 aliphatic heterocycles. The van der Waals surface area contributed by atoms with Gasteiger partial charge in [0.1, 0.15) is 5.75 Å². The molecule has 1 aromatic heterocycles. The molecule has 1 unspecified atom stereocenters. The Kier molecular flexibility index (Phi) is 8.03. The highest BCUT2D eigenvalue weighted by atomic mass is 32.2. The van der Waals surface area contributed by atoms with Crippen LogP contribution in [0.1, 0.15) is 18.7 Å². The number of hydrogen-bond donors (Lipinski definition) is 1. The number of likely N-dealkylation sites (tertiary alicyclic amines) is 1. The molecule has 2 fully saturated rings. The highest BCUT2D eigenvalue weighted by Crippen LogP contribution is 2.24. The molecule has 0 radical (unpaired) electrons. The highest BCUT2D eigenvalue weighted by molar-refractivity contribution is 7.89. The molecular formula is C26H31N5O6S. The van der Waals surface area contributed by atoms with Gasteiger partial charge in [-0.2, -0.15) is 9.29 Å². The summed E-state index contributed by atoms with van der Waals surface area (Å²) in [6, 6.07) is 13.8. The molecule has 0 aliphatic carbocycles. The number of morpholine rings is 1. The fourth-order valence-corrected chi connectivity index (χ4v) is 6.08. The van der Waals surface area contributed by atoms with E-state index >= 15 is 0 Å². The Morgan fingerprint density at radius 3 is 2.53 bits per heavy atom. The van der Waals surface area contributed by atoms with Crippen LogP contribution in [0.5, 0.6) is 5.75 Å². The number of carbonyl (C=O) groups excluding carboxylic acids is 1. The number of benzene rings is 2. The smallest absolute Gasteiger partial charge is 0.243 e. The minimum Gasteiger partial charge on any atom is -0.497 e. The van der Waals surface area contributed by atoms with E-state index in [4.69, 9.17) is 14.0 Å². The van der Waals surface area contributed by atoms with Crippen molar-refractivity contribution in [3.8, 4) is 17.1 Å². The van der Waals surface area contributed by atoms with Crippen molar-refractivity contribution >= 4 is 21.6 Å². The van der Waals surface area contributed by atoms with Gasteiger partial charge in [-0.1, -0.05) is 5.16 Å². The zero-order chi connectivity index (χ0) is 26.5. The second-order valence-corrected chi connectivity index (χ2v) is 11.3. The fraction of sp³-hybridized carbons (Fsp3) is 0.423. The summed E-state index contributed by atoms with van der Waals surface area (Å²) in [5, 5.41) is 7.02. The Hall–Kier alpha value is -3.32. The molecule has 202 valence electrons. The number of hydrogen-bond acceptors (Lipinski definition) is 9. The van der Waals surface area contributed by atoms with Crippen LogP contribution in [0.4, 0.5) is 5.69 Å². The van der Waals surface area contributed by atoms with Gasteiger partial charge < -0.3 is 19.3 Å². The summed E-state index contributed by atoms with van der Waals surface area (Å²) in [5.41, 5.74) is 1.40. The molecular weight excluding hydrogens is 510 g/mol. The molecule has 1 amide bonds. The predicted octanol–water partition coefficient (Wildman–Crippen LogP) is 2.62. The van der Waals surface area contributed by atoms with Gasteiger partial charge in [0.05, 0.1) is 37.7 Å². The van der Waals surface area contributed by atoms with Gasteiger partial charge in [-0.15, -0.1) is 0 Å². The van der Waals surface area contributed by atoms with Gasteiger partial charge in [0.15, 0.2) is 0 Å². The Morgan fingerprint density at radius 1 is 1.08 bits per heavy atom. The van der Waals surface area contributed by atoms with Crippen LogP contribution in [-0.2, 0) is 26.1 Å². The van der Waals surface area contributed by atoms with Crippen molar-refractivity contribution in [3.63, 3.8) is 0 Å². The minimum absolute atomic E-state index is 0.0945. The number of ether oxygens (including phenoxy) is 2. The van der Waals surface area contributed by atoms with Gasteiger partial charge >= 0.3 is 0 Å². The maximum Gasteiger partial charge on any atom is 0.243 e. The van der Waals surface area contributed by atoms with Crippen LogP contribution in [0.2, 0.25) is 0 Å². The van der Waals surface area contributed by atoms with Crippen molar-refractivity contribution in [2.75, 3.05) is 51.8 Å². The lowest BCUT2D eigenvalue weighted by molar-refractivity contribution is -0.121. The predicted molar refractivity (Wildman–Crippen MR) is 139 cm³/mol.